The first-order valence-corrected chi connectivity index (χ1v) is 11.7. The lowest BCUT2D eigenvalue weighted by molar-refractivity contribution is 0.695. The maximum Gasteiger partial charge on any atom is 0.196 e. The van der Waals surface area contributed by atoms with Crippen molar-refractivity contribution >= 4 is 51.9 Å². The molecule has 2 N–H and O–H groups in total. The highest BCUT2D eigenvalue weighted by Gasteiger charge is 2.17. The van der Waals surface area contributed by atoms with Crippen LogP contribution in [0.25, 0.3) is 28.2 Å². The second kappa shape index (κ2) is 9.34. The normalized spacial score (nSPS) is 11.3. The lowest BCUT2D eigenvalue weighted by atomic mass is 10.2. The van der Waals surface area contributed by atoms with Crippen LogP contribution in [0.2, 0.25) is 10.0 Å². The van der Waals surface area contributed by atoms with Gasteiger partial charge in [-0.3, -0.25) is 9.55 Å². The maximum atomic E-state index is 6.29. The van der Waals surface area contributed by atoms with Gasteiger partial charge in [-0.25, -0.2) is 15.0 Å². The summed E-state index contributed by atoms with van der Waals surface area (Å²) in [6, 6.07) is 9.26. The summed E-state index contributed by atoms with van der Waals surface area (Å²) in [5, 5.41) is 10.6. The van der Waals surface area contributed by atoms with Crippen LogP contribution in [0.5, 0.6) is 0 Å². The molecule has 0 atom stereocenters. The van der Waals surface area contributed by atoms with E-state index in [1.165, 1.54) is 6.33 Å². The number of aromatic nitrogens is 8. The molecule has 33 heavy (non-hydrogen) atoms. The molecule has 0 fully saturated rings. The number of benzene rings is 1. The topological polar surface area (TPSA) is 113 Å². The molecule has 0 aliphatic rings. The van der Waals surface area contributed by atoms with E-state index in [1.807, 2.05) is 27.3 Å². The molecule has 0 bridgehead atoms. The predicted octanol–water partition coefficient (Wildman–Crippen LogP) is 4.54. The summed E-state index contributed by atoms with van der Waals surface area (Å²) in [5.74, 6) is 1.86. The molecule has 12 heteroatoms. The minimum atomic E-state index is 0.380. The number of thioether (sulfide) groups is 1. The van der Waals surface area contributed by atoms with Gasteiger partial charge in [-0.05, 0) is 36.8 Å². The van der Waals surface area contributed by atoms with Gasteiger partial charge in [0.05, 0.1) is 22.1 Å². The van der Waals surface area contributed by atoms with E-state index in [0.29, 0.717) is 27.2 Å². The number of hydrogen-bond acceptors (Lipinski definition) is 8. The van der Waals surface area contributed by atoms with Gasteiger partial charge in [-0.15, -0.1) is 10.2 Å². The van der Waals surface area contributed by atoms with Crippen LogP contribution in [0.1, 0.15) is 6.42 Å². The molecule has 1 aromatic carbocycles. The van der Waals surface area contributed by atoms with Crippen molar-refractivity contribution in [3.8, 4) is 17.1 Å². The number of fused-ring (bicyclic) bond motifs is 1. The Hall–Kier alpha value is -3.21. The van der Waals surface area contributed by atoms with E-state index in [9.17, 15) is 0 Å². The van der Waals surface area contributed by atoms with Crippen LogP contribution >= 0.6 is 35.0 Å². The van der Waals surface area contributed by atoms with E-state index in [4.69, 9.17) is 28.9 Å². The van der Waals surface area contributed by atoms with Gasteiger partial charge in [0.15, 0.2) is 22.4 Å². The van der Waals surface area contributed by atoms with Crippen LogP contribution < -0.4 is 5.73 Å². The van der Waals surface area contributed by atoms with Crippen molar-refractivity contribution in [3.05, 3.63) is 65.4 Å². The van der Waals surface area contributed by atoms with Crippen LogP contribution in [-0.2, 0) is 6.54 Å². The number of aryl methyl sites for hydroxylation is 1. The lowest BCUT2D eigenvalue weighted by Crippen LogP contribution is -2.02. The molecule has 5 aromatic rings. The molecule has 0 radical (unpaired) electrons. The summed E-state index contributed by atoms with van der Waals surface area (Å²) in [6.45, 7) is 0.732. The SMILES string of the molecule is Nc1ncnc2c1ncn2CCCSc1nnc(-c2cccnc2)n1-c1ccc(Cl)c(Cl)c1. The molecule has 0 spiro atoms. The molecule has 4 aromatic heterocycles. The van der Waals surface area contributed by atoms with Gasteiger partial charge in [0.2, 0.25) is 0 Å². The fraction of sp³-hybridized carbons (Fsp3) is 0.143. The molecule has 9 nitrogen and oxygen atoms in total. The summed E-state index contributed by atoms with van der Waals surface area (Å²) in [6.07, 6.45) is 7.52. The number of nitrogen functional groups attached to an aromatic ring is 1. The smallest absolute Gasteiger partial charge is 0.196 e. The Morgan fingerprint density at radius 1 is 1.03 bits per heavy atom. The zero-order valence-electron chi connectivity index (χ0n) is 17.1. The molecule has 4 heterocycles. The van der Waals surface area contributed by atoms with Crippen molar-refractivity contribution in [1.82, 2.24) is 39.3 Å². The quantitative estimate of drug-likeness (QED) is 0.257. The van der Waals surface area contributed by atoms with E-state index in [1.54, 1.807) is 42.6 Å². The summed E-state index contributed by atoms with van der Waals surface area (Å²) in [5.41, 5.74) is 8.89. The Labute approximate surface area is 203 Å². The molecule has 0 aliphatic carbocycles. The second-order valence-corrected chi connectivity index (χ2v) is 8.93. The number of pyridine rings is 1. The number of rotatable bonds is 7. The molecule has 0 saturated carbocycles. The fourth-order valence-corrected chi connectivity index (χ4v) is 4.53. The zero-order valence-corrected chi connectivity index (χ0v) is 19.5. The predicted molar refractivity (Wildman–Crippen MR) is 130 cm³/mol. The molecule has 0 amide bonds. The van der Waals surface area contributed by atoms with Gasteiger partial charge in [0.25, 0.3) is 0 Å². The average molecular weight is 498 g/mol. The van der Waals surface area contributed by atoms with Crippen LogP contribution in [0.3, 0.4) is 0 Å². The van der Waals surface area contributed by atoms with Crippen LogP contribution in [0.15, 0.2) is 60.5 Å². The average Bonchev–Trinajstić information content (AvgIpc) is 3.44. The van der Waals surface area contributed by atoms with E-state index in [2.05, 4.69) is 30.1 Å². The molecule has 0 saturated heterocycles. The Bertz CT molecular complexity index is 1420. The third kappa shape index (κ3) is 4.37. The summed E-state index contributed by atoms with van der Waals surface area (Å²) in [7, 11) is 0. The Morgan fingerprint density at radius 2 is 1.94 bits per heavy atom. The van der Waals surface area contributed by atoms with Gasteiger partial charge < -0.3 is 10.3 Å². The minimum Gasteiger partial charge on any atom is -0.382 e. The number of halogens is 2. The molecule has 5 rings (SSSR count). The molecular formula is C21H17Cl2N9S. The third-order valence-electron chi connectivity index (χ3n) is 4.92. The number of nitrogens with zero attached hydrogens (tertiary/aromatic N) is 8. The van der Waals surface area contributed by atoms with Crippen molar-refractivity contribution < 1.29 is 0 Å². The Balaban J connectivity index is 1.38. The van der Waals surface area contributed by atoms with Crippen molar-refractivity contribution in [3.63, 3.8) is 0 Å². The molecule has 166 valence electrons. The maximum absolute atomic E-state index is 6.29. The van der Waals surface area contributed by atoms with Gasteiger partial charge in [0.1, 0.15) is 11.8 Å². The number of anilines is 1. The number of nitrogens with two attached hydrogens (primary N) is 1. The summed E-state index contributed by atoms with van der Waals surface area (Å²) < 4.78 is 3.93. The van der Waals surface area contributed by atoms with E-state index < -0.39 is 0 Å². The first-order valence-electron chi connectivity index (χ1n) is 9.97. The van der Waals surface area contributed by atoms with Gasteiger partial charge in [-0.1, -0.05) is 35.0 Å². The van der Waals surface area contributed by atoms with E-state index in [0.717, 1.165) is 40.8 Å². The zero-order chi connectivity index (χ0) is 22.8. The Morgan fingerprint density at radius 3 is 2.76 bits per heavy atom. The van der Waals surface area contributed by atoms with Gasteiger partial charge in [0, 0.05) is 30.3 Å². The second-order valence-electron chi connectivity index (χ2n) is 7.05. The minimum absolute atomic E-state index is 0.380. The first kappa shape index (κ1) is 21.6. The van der Waals surface area contributed by atoms with Crippen LogP contribution in [0.4, 0.5) is 5.82 Å². The highest BCUT2D eigenvalue weighted by Crippen LogP contribution is 2.31. The van der Waals surface area contributed by atoms with Crippen LogP contribution in [0, 0.1) is 0 Å². The van der Waals surface area contributed by atoms with Gasteiger partial charge >= 0.3 is 0 Å². The highest BCUT2D eigenvalue weighted by atomic mass is 35.5. The Kier molecular flexibility index (Phi) is 6.12. The van der Waals surface area contributed by atoms with E-state index in [-0.39, 0.29) is 0 Å². The van der Waals surface area contributed by atoms with Crippen molar-refractivity contribution in [2.75, 3.05) is 11.5 Å². The summed E-state index contributed by atoms with van der Waals surface area (Å²) in [4.78, 5) is 16.8. The molecule has 0 unspecified atom stereocenters. The third-order valence-corrected chi connectivity index (χ3v) is 6.67. The van der Waals surface area contributed by atoms with Crippen molar-refractivity contribution in [2.24, 2.45) is 0 Å². The lowest BCUT2D eigenvalue weighted by Gasteiger charge is -2.11. The van der Waals surface area contributed by atoms with Crippen molar-refractivity contribution in [2.45, 2.75) is 18.1 Å². The van der Waals surface area contributed by atoms with E-state index >= 15 is 0 Å². The monoisotopic (exact) mass is 497 g/mol. The van der Waals surface area contributed by atoms with Gasteiger partial charge in [-0.2, -0.15) is 0 Å². The summed E-state index contributed by atoms with van der Waals surface area (Å²) >= 11 is 14.0. The van der Waals surface area contributed by atoms with Crippen LogP contribution in [-0.4, -0.2) is 45.0 Å². The fourth-order valence-electron chi connectivity index (χ4n) is 3.36. The van der Waals surface area contributed by atoms with Crippen molar-refractivity contribution in [1.29, 1.82) is 0 Å². The number of imidazole rings is 1. The molecular weight excluding hydrogens is 481 g/mol. The highest BCUT2D eigenvalue weighted by molar-refractivity contribution is 7.99. The standard InChI is InChI=1S/C21H17Cl2N9S/c22-15-5-4-14(9-16(15)23)32-19(13-3-1-6-25-10-13)29-30-21(32)33-8-2-7-31-12-28-17-18(24)26-11-27-20(17)31/h1,3-6,9-12H,2,7-8H2,(H2,24,26,27). The number of hydrogen-bond donors (Lipinski definition) is 1. The first-order chi connectivity index (χ1) is 16.1. The molecule has 0 aliphatic heterocycles. The largest absolute Gasteiger partial charge is 0.382 e.